The van der Waals surface area contributed by atoms with Gasteiger partial charge in [-0.25, -0.2) is 0 Å². The highest BCUT2D eigenvalue weighted by Gasteiger charge is 2.15. The summed E-state index contributed by atoms with van der Waals surface area (Å²) in [5.41, 5.74) is 2.34. The Balaban J connectivity index is 2.88. The van der Waals surface area contributed by atoms with Crippen LogP contribution in [0.5, 0.6) is 5.75 Å². The van der Waals surface area contributed by atoms with Gasteiger partial charge < -0.3 is 9.64 Å². The van der Waals surface area contributed by atoms with E-state index in [0.717, 1.165) is 24.4 Å². The van der Waals surface area contributed by atoms with E-state index in [0.29, 0.717) is 5.92 Å². The zero-order valence-electron chi connectivity index (χ0n) is 12.6. The number of anilines is 1. The number of ether oxygens (including phenoxy) is 1. The normalized spacial score (nSPS) is 12.1. The standard InChI is InChI=1S/C16H24N2O/c1-6-13-9-15(7-8-16(13)19-5)18(4)11-14(10-17)12(2)3/h7-9,12,14H,6,11H2,1-5H3. The van der Waals surface area contributed by atoms with Crippen molar-refractivity contribution < 1.29 is 4.74 Å². The van der Waals surface area contributed by atoms with Gasteiger partial charge in [-0.3, -0.25) is 0 Å². The van der Waals surface area contributed by atoms with Gasteiger partial charge in [0.2, 0.25) is 0 Å². The monoisotopic (exact) mass is 260 g/mol. The van der Waals surface area contributed by atoms with Gasteiger partial charge in [0.1, 0.15) is 5.75 Å². The summed E-state index contributed by atoms with van der Waals surface area (Å²) in [7, 11) is 3.73. The van der Waals surface area contributed by atoms with Gasteiger partial charge in [0.15, 0.2) is 0 Å². The van der Waals surface area contributed by atoms with Crippen LogP contribution in [0.2, 0.25) is 0 Å². The van der Waals surface area contributed by atoms with Crippen LogP contribution in [0.25, 0.3) is 0 Å². The van der Waals surface area contributed by atoms with Gasteiger partial charge in [0.25, 0.3) is 0 Å². The quantitative estimate of drug-likeness (QED) is 0.785. The second kappa shape index (κ2) is 7.04. The number of rotatable bonds is 6. The number of nitriles is 1. The first kappa shape index (κ1) is 15.4. The maximum absolute atomic E-state index is 9.18. The lowest BCUT2D eigenvalue weighted by molar-refractivity contribution is 0.410. The molecule has 3 heteroatoms. The fraction of sp³-hybridized carbons (Fsp3) is 0.562. The Morgan fingerprint density at radius 3 is 2.53 bits per heavy atom. The number of hydrogen-bond donors (Lipinski definition) is 0. The molecule has 0 aliphatic rings. The van der Waals surface area contributed by atoms with Gasteiger partial charge in [-0.05, 0) is 36.1 Å². The molecular formula is C16H24N2O. The lowest BCUT2D eigenvalue weighted by atomic mass is 9.97. The summed E-state index contributed by atoms with van der Waals surface area (Å²) in [6, 6.07) is 8.58. The molecule has 0 N–H and O–H groups in total. The SMILES string of the molecule is CCc1cc(N(C)CC(C#N)C(C)C)ccc1OC. The predicted molar refractivity (Wildman–Crippen MR) is 79.6 cm³/mol. The Kier molecular flexibility index (Phi) is 5.69. The summed E-state index contributed by atoms with van der Waals surface area (Å²) in [4.78, 5) is 2.15. The molecule has 0 saturated heterocycles. The lowest BCUT2D eigenvalue weighted by Crippen LogP contribution is -2.27. The molecule has 0 heterocycles. The first-order valence-electron chi connectivity index (χ1n) is 6.81. The Morgan fingerprint density at radius 1 is 1.37 bits per heavy atom. The minimum absolute atomic E-state index is 0.0529. The third-order valence-corrected chi connectivity index (χ3v) is 3.53. The smallest absolute Gasteiger partial charge is 0.122 e. The van der Waals surface area contributed by atoms with E-state index in [1.54, 1.807) is 7.11 Å². The van der Waals surface area contributed by atoms with Crippen LogP contribution in [0.1, 0.15) is 26.3 Å². The Labute approximate surface area is 116 Å². The number of methoxy groups -OCH3 is 1. The van der Waals surface area contributed by atoms with Crippen LogP contribution in [0, 0.1) is 23.2 Å². The summed E-state index contributed by atoms with van der Waals surface area (Å²) in [6.45, 7) is 7.05. The van der Waals surface area contributed by atoms with Crippen molar-refractivity contribution in [3.63, 3.8) is 0 Å². The summed E-state index contributed by atoms with van der Waals surface area (Å²) in [5.74, 6) is 1.36. The average molecular weight is 260 g/mol. The van der Waals surface area contributed by atoms with E-state index in [9.17, 15) is 5.26 Å². The number of aryl methyl sites for hydroxylation is 1. The first-order valence-corrected chi connectivity index (χ1v) is 6.81. The molecule has 1 aromatic carbocycles. The van der Waals surface area contributed by atoms with Gasteiger partial charge in [-0.2, -0.15) is 5.26 Å². The zero-order chi connectivity index (χ0) is 14.4. The Hall–Kier alpha value is -1.69. The van der Waals surface area contributed by atoms with Crippen molar-refractivity contribution in [3.8, 4) is 11.8 Å². The molecular weight excluding hydrogens is 236 g/mol. The number of hydrogen-bond acceptors (Lipinski definition) is 3. The molecule has 0 spiro atoms. The maximum Gasteiger partial charge on any atom is 0.122 e. The molecule has 1 aromatic rings. The summed E-state index contributed by atoms with van der Waals surface area (Å²) in [5, 5.41) is 9.18. The van der Waals surface area contributed by atoms with Crippen LogP contribution in [0.15, 0.2) is 18.2 Å². The Morgan fingerprint density at radius 2 is 2.05 bits per heavy atom. The first-order chi connectivity index (χ1) is 9.03. The molecule has 0 aliphatic carbocycles. The highest BCUT2D eigenvalue weighted by molar-refractivity contribution is 5.53. The van der Waals surface area contributed by atoms with E-state index >= 15 is 0 Å². The fourth-order valence-electron chi connectivity index (χ4n) is 2.08. The second-order valence-electron chi connectivity index (χ2n) is 5.21. The van der Waals surface area contributed by atoms with Crippen molar-refractivity contribution >= 4 is 5.69 Å². The highest BCUT2D eigenvalue weighted by Crippen LogP contribution is 2.26. The van der Waals surface area contributed by atoms with Crippen molar-refractivity contribution in [1.82, 2.24) is 0 Å². The van der Waals surface area contributed by atoms with Crippen molar-refractivity contribution in [2.75, 3.05) is 25.6 Å². The third kappa shape index (κ3) is 3.89. The molecule has 0 aliphatic heterocycles. The Bertz CT molecular complexity index is 449. The topological polar surface area (TPSA) is 36.3 Å². The maximum atomic E-state index is 9.18. The highest BCUT2D eigenvalue weighted by atomic mass is 16.5. The molecule has 1 atom stereocenters. The summed E-state index contributed by atoms with van der Waals surface area (Å²) >= 11 is 0. The average Bonchev–Trinajstić information content (AvgIpc) is 2.43. The summed E-state index contributed by atoms with van der Waals surface area (Å²) in [6.07, 6.45) is 0.941. The van der Waals surface area contributed by atoms with Crippen LogP contribution < -0.4 is 9.64 Å². The molecule has 0 fully saturated rings. The lowest BCUT2D eigenvalue weighted by Gasteiger charge is -2.25. The van der Waals surface area contributed by atoms with Crippen LogP contribution in [-0.4, -0.2) is 20.7 Å². The van der Waals surface area contributed by atoms with Crippen molar-refractivity contribution in [1.29, 1.82) is 5.26 Å². The number of benzene rings is 1. The van der Waals surface area contributed by atoms with E-state index in [-0.39, 0.29) is 5.92 Å². The van der Waals surface area contributed by atoms with Gasteiger partial charge in [-0.1, -0.05) is 20.8 Å². The molecule has 0 saturated carbocycles. The molecule has 19 heavy (non-hydrogen) atoms. The van der Waals surface area contributed by atoms with E-state index < -0.39 is 0 Å². The largest absolute Gasteiger partial charge is 0.496 e. The second-order valence-corrected chi connectivity index (χ2v) is 5.21. The molecule has 1 unspecified atom stereocenters. The fourth-order valence-corrected chi connectivity index (χ4v) is 2.08. The molecule has 1 rings (SSSR count). The number of nitrogens with zero attached hydrogens (tertiary/aromatic N) is 2. The van der Waals surface area contributed by atoms with Crippen LogP contribution in [-0.2, 0) is 6.42 Å². The molecule has 0 aromatic heterocycles. The van der Waals surface area contributed by atoms with E-state index in [1.807, 2.05) is 19.2 Å². The molecule has 0 radical (unpaired) electrons. The van der Waals surface area contributed by atoms with Crippen molar-refractivity contribution in [2.24, 2.45) is 11.8 Å². The van der Waals surface area contributed by atoms with Gasteiger partial charge in [-0.15, -0.1) is 0 Å². The van der Waals surface area contributed by atoms with Crippen LogP contribution >= 0.6 is 0 Å². The van der Waals surface area contributed by atoms with Crippen molar-refractivity contribution in [2.45, 2.75) is 27.2 Å². The van der Waals surface area contributed by atoms with Crippen molar-refractivity contribution in [3.05, 3.63) is 23.8 Å². The van der Waals surface area contributed by atoms with Gasteiger partial charge in [0, 0.05) is 19.3 Å². The molecule has 104 valence electrons. The van der Waals surface area contributed by atoms with Crippen LogP contribution in [0.3, 0.4) is 0 Å². The minimum Gasteiger partial charge on any atom is -0.496 e. The zero-order valence-corrected chi connectivity index (χ0v) is 12.6. The minimum atomic E-state index is 0.0529. The van der Waals surface area contributed by atoms with E-state index in [2.05, 4.69) is 37.8 Å². The van der Waals surface area contributed by atoms with Gasteiger partial charge in [0.05, 0.1) is 19.1 Å². The summed E-state index contributed by atoms with van der Waals surface area (Å²) < 4.78 is 5.34. The van der Waals surface area contributed by atoms with E-state index in [1.165, 1.54) is 5.56 Å². The van der Waals surface area contributed by atoms with Crippen LogP contribution in [0.4, 0.5) is 5.69 Å². The molecule has 0 bridgehead atoms. The van der Waals surface area contributed by atoms with E-state index in [4.69, 9.17) is 4.74 Å². The van der Waals surface area contributed by atoms with Gasteiger partial charge >= 0.3 is 0 Å². The third-order valence-electron chi connectivity index (χ3n) is 3.53. The molecule has 3 nitrogen and oxygen atoms in total. The predicted octanol–water partition coefficient (Wildman–Crippen LogP) is 3.49. The molecule has 0 amide bonds.